The van der Waals surface area contributed by atoms with Crippen LogP contribution in [-0.4, -0.2) is 14.5 Å². The monoisotopic (exact) mass is 282 g/mol. The first kappa shape index (κ1) is 14.5. The molecule has 0 bridgehead atoms. The van der Waals surface area contributed by atoms with Gasteiger partial charge in [-0.25, -0.2) is 13.6 Å². The molecule has 4 nitrogen and oxygen atoms in total. The first-order chi connectivity index (χ1) is 8.88. The van der Waals surface area contributed by atoms with Crippen LogP contribution >= 0.6 is 0 Å². The van der Waals surface area contributed by atoms with Crippen molar-refractivity contribution in [2.45, 2.75) is 50.1 Å². The van der Waals surface area contributed by atoms with Crippen molar-refractivity contribution in [1.82, 2.24) is 5.32 Å². The van der Waals surface area contributed by atoms with E-state index in [9.17, 15) is 8.42 Å². The third kappa shape index (κ3) is 3.55. The molecule has 1 aromatic carbocycles. The van der Waals surface area contributed by atoms with Crippen LogP contribution in [0.15, 0.2) is 29.2 Å². The van der Waals surface area contributed by atoms with Crippen LogP contribution in [-0.2, 0) is 10.0 Å². The van der Waals surface area contributed by atoms with Gasteiger partial charge in [-0.3, -0.25) is 0 Å². The number of sulfonamides is 1. The fourth-order valence-electron chi connectivity index (χ4n) is 2.53. The van der Waals surface area contributed by atoms with Crippen molar-refractivity contribution in [1.29, 1.82) is 0 Å². The van der Waals surface area contributed by atoms with E-state index in [0.29, 0.717) is 6.04 Å². The fourth-order valence-corrected chi connectivity index (χ4v) is 3.10. The molecule has 1 saturated carbocycles. The predicted molar refractivity (Wildman–Crippen MR) is 76.2 cm³/mol. The maximum absolute atomic E-state index is 11.4. The Bertz CT molecular complexity index is 538. The Morgan fingerprint density at radius 3 is 2.53 bits per heavy atom. The molecule has 2 atom stereocenters. The first-order valence-corrected chi connectivity index (χ1v) is 8.31. The van der Waals surface area contributed by atoms with Gasteiger partial charge in [0.15, 0.2) is 0 Å². The molecule has 0 saturated heterocycles. The van der Waals surface area contributed by atoms with Crippen LogP contribution in [0.4, 0.5) is 0 Å². The first-order valence-electron chi connectivity index (χ1n) is 6.77. The van der Waals surface area contributed by atoms with E-state index in [0.717, 1.165) is 11.5 Å². The molecular formula is C14H22N2O2S. The average molecular weight is 282 g/mol. The van der Waals surface area contributed by atoms with Crippen molar-refractivity contribution in [2.75, 3.05) is 0 Å². The molecule has 2 unspecified atom stereocenters. The van der Waals surface area contributed by atoms with Gasteiger partial charge in [-0.1, -0.05) is 18.6 Å². The lowest BCUT2D eigenvalue weighted by Gasteiger charge is -2.34. The minimum absolute atomic E-state index is 0.122. The summed E-state index contributed by atoms with van der Waals surface area (Å²) in [6, 6.07) is 7.43. The van der Waals surface area contributed by atoms with Gasteiger partial charge in [-0.2, -0.15) is 0 Å². The quantitative estimate of drug-likeness (QED) is 0.869. The number of nitrogens with one attached hydrogen (secondary N) is 1. The number of hydrogen-bond donors (Lipinski definition) is 2. The minimum Gasteiger partial charge on any atom is -0.307 e. The third-order valence-corrected chi connectivity index (χ3v) is 4.97. The Kier molecular flexibility index (Phi) is 4.28. The summed E-state index contributed by atoms with van der Waals surface area (Å²) in [5.41, 5.74) is 0.956. The van der Waals surface area contributed by atoms with Crippen LogP contribution in [0.25, 0.3) is 0 Å². The van der Waals surface area contributed by atoms with Gasteiger partial charge < -0.3 is 5.32 Å². The van der Waals surface area contributed by atoms with Crippen LogP contribution in [0, 0.1) is 5.92 Å². The molecule has 1 aliphatic carbocycles. The second kappa shape index (κ2) is 5.61. The van der Waals surface area contributed by atoms with Gasteiger partial charge in [0.05, 0.1) is 4.90 Å². The van der Waals surface area contributed by atoms with Crippen molar-refractivity contribution < 1.29 is 8.42 Å². The van der Waals surface area contributed by atoms with E-state index in [1.807, 2.05) is 6.07 Å². The maximum Gasteiger partial charge on any atom is 0.238 e. The molecule has 0 aliphatic heterocycles. The summed E-state index contributed by atoms with van der Waals surface area (Å²) >= 11 is 0. The lowest BCUT2D eigenvalue weighted by Crippen LogP contribution is -2.38. The van der Waals surface area contributed by atoms with Crippen molar-refractivity contribution in [3.05, 3.63) is 29.8 Å². The van der Waals surface area contributed by atoms with Crippen molar-refractivity contribution in [3.63, 3.8) is 0 Å². The minimum atomic E-state index is -3.62. The van der Waals surface area contributed by atoms with Gasteiger partial charge in [0.2, 0.25) is 10.0 Å². The molecular weight excluding hydrogens is 260 g/mol. The molecule has 5 heteroatoms. The van der Waals surface area contributed by atoms with E-state index in [2.05, 4.69) is 19.2 Å². The molecule has 0 amide bonds. The molecule has 0 aromatic heterocycles. The zero-order valence-electron chi connectivity index (χ0n) is 11.5. The standard InChI is InChI=1S/C14H22N2O2S/c1-10(12-5-3-6-12)16-11(2)13-7-4-8-14(9-13)19(15,17)18/h4,7-12,16H,3,5-6H2,1-2H3,(H2,15,17,18). The molecule has 106 valence electrons. The smallest absolute Gasteiger partial charge is 0.238 e. The highest BCUT2D eigenvalue weighted by Crippen LogP contribution is 2.30. The van der Waals surface area contributed by atoms with Gasteiger partial charge in [0.25, 0.3) is 0 Å². The second-order valence-corrected chi connectivity index (χ2v) is 7.05. The normalized spacial score (nSPS) is 19.7. The Hall–Kier alpha value is -0.910. The second-order valence-electron chi connectivity index (χ2n) is 5.49. The van der Waals surface area contributed by atoms with Gasteiger partial charge >= 0.3 is 0 Å². The molecule has 2 rings (SSSR count). The Morgan fingerprint density at radius 2 is 2.00 bits per heavy atom. The van der Waals surface area contributed by atoms with E-state index < -0.39 is 10.0 Å². The zero-order chi connectivity index (χ0) is 14.0. The summed E-state index contributed by atoms with van der Waals surface area (Å²) in [4.78, 5) is 0.176. The largest absolute Gasteiger partial charge is 0.307 e. The molecule has 1 fully saturated rings. The Labute approximate surface area is 115 Å². The molecule has 0 radical (unpaired) electrons. The van der Waals surface area contributed by atoms with E-state index >= 15 is 0 Å². The average Bonchev–Trinajstić information content (AvgIpc) is 2.25. The van der Waals surface area contributed by atoms with Crippen LogP contribution in [0.2, 0.25) is 0 Å². The molecule has 1 aromatic rings. The highest BCUT2D eigenvalue weighted by molar-refractivity contribution is 7.89. The highest BCUT2D eigenvalue weighted by atomic mass is 32.2. The highest BCUT2D eigenvalue weighted by Gasteiger charge is 2.25. The number of nitrogens with two attached hydrogens (primary N) is 1. The number of benzene rings is 1. The van der Waals surface area contributed by atoms with Gasteiger partial charge in [-0.05, 0) is 50.3 Å². The van der Waals surface area contributed by atoms with Gasteiger partial charge in [0.1, 0.15) is 0 Å². The Morgan fingerprint density at radius 1 is 1.32 bits per heavy atom. The summed E-state index contributed by atoms with van der Waals surface area (Å²) in [6.45, 7) is 4.25. The predicted octanol–water partition coefficient (Wildman–Crippen LogP) is 2.17. The van der Waals surface area contributed by atoms with Crippen LogP contribution in [0.3, 0.4) is 0 Å². The number of rotatable bonds is 5. The van der Waals surface area contributed by atoms with E-state index in [-0.39, 0.29) is 10.9 Å². The molecule has 1 aliphatic rings. The summed E-state index contributed by atoms with van der Waals surface area (Å²) in [7, 11) is -3.62. The topological polar surface area (TPSA) is 72.2 Å². The lowest BCUT2D eigenvalue weighted by atomic mass is 9.80. The molecule has 3 N–H and O–H groups in total. The number of primary sulfonamides is 1. The summed E-state index contributed by atoms with van der Waals surface area (Å²) in [5, 5.41) is 8.70. The van der Waals surface area contributed by atoms with Crippen LogP contribution < -0.4 is 10.5 Å². The Balaban J connectivity index is 2.08. The third-order valence-electron chi connectivity index (χ3n) is 4.06. The van der Waals surface area contributed by atoms with Crippen molar-refractivity contribution in [3.8, 4) is 0 Å². The van der Waals surface area contributed by atoms with Crippen molar-refractivity contribution in [2.24, 2.45) is 11.1 Å². The van der Waals surface area contributed by atoms with Crippen LogP contribution in [0.5, 0.6) is 0 Å². The lowest BCUT2D eigenvalue weighted by molar-refractivity contribution is 0.229. The summed E-state index contributed by atoms with van der Waals surface area (Å²) in [5.74, 6) is 0.754. The van der Waals surface area contributed by atoms with E-state index in [1.54, 1.807) is 12.1 Å². The maximum atomic E-state index is 11.4. The van der Waals surface area contributed by atoms with Gasteiger partial charge in [-0.15, -0.1) is 0 Å². The van der Waals surface area contributed by atoms with E-state index in [1.165, 1.54) is 25.3 Å². The van der Waals surface area contributed by atoms with Crippen molar-refractivity contribution >= 4 is 10.0 Å². The summed E-state index contributed by atoms with van der Waals surface area (Å²) in [6.07, 6.45) is 3.90. The molecule has 19 heavy (non-hydrogen) atoms. The van der Waals surface area contributed by atoms with Crippen LogP contribution in [0.1, 0.15) is 44.7 Å². The molecule has 0 heterocycles. The fraction of sp³-hybridized carbons (Fsp3) is 0.571. The zero-order valence-corrected chi connectivity index (χ0v) is 12.3. The summed E-state index contributed by atoms with van der Waals surface area (Å²) < 4.78 is 22.7. The van der Waals surface area contributed by atoms with Gasteiger partial charge in [0, 0.05) is 12.1 Å². The SMILES string of the molecule is CC(NC(C)C1CCC1)c1cccc(S(N)(=O)=O)c1. The molecule has 0 spiro atoms. The number of hydrogen-bond acceptors (Lipinski definition) is 3. The van der Waals surface area contributed by atoms with E-state index in [4.69, 9.17) is 5.14 Å².